The molecule has 1 aliphatic rings. The molecule has 158 valence electrons. The minimum absolute atomic E-state index is 0.0411. The number of sulfonamides is 1. The number of aromatic nitrogens is 1. The number of hydrogen-bond acceptors (Lipinski definition) is 4. The molecule has 0 saturated carbocycles. The molecular formula is C21H29N3O4S. The minimum atomic E-state index is -4.00. The summed E-state index contributed by atoms with van der Waals surface area (Å²) in [6.45, 7) is 7.09. The maximum absolute atomic E-state index is 13.4. The summed E-state index contributed by atoms with van der Waals surface area (Å²) in [4.78, 5) is 15.1. The number of ether oxygens (including phenoxy) is 1. The molecule has 1 aromatic carbocycles. The van der Waals surface area contributed by atoms with Crippen molar-refractivity contribution in [1.29, 1.82) is 0 Å². The van der Waals surface area contributed by atoms with Crippen LogP contribution in [0.1, 0.15) is 47.9 Å². The second-order valence-electron chi connectivity index (χ2n) is 7.32. The van der Waals surface area contributed by atoms with Crippen molar-refractivity contribution < 1.29 is 17.9 Å². The molecule has 3 rings (SSSR count). The van der Waals surface area contributed by atoms with E-state index in [0.717, 1.165) is 19.3 Å². The first-order valence-corrected chi connectivity index (χ1v) is 11.5. The molecule has 0 aliphatic carbocycles. The molecule has 1 N–H and O–H groups in total. The lowest BCUT2D eigenvalue weighted by Crippen LogP contribution is -2.36. The molecule has 1 aliphatic heterocycles. The van der Waals surface area contributed by atoms with Crippen LogP contribution in [0.4, 0.5) is 5.69 Å². The lowest BCUT2D eigenvalue weighted by molar-refractivity contribution is 0.0720. The van der Waals surface area contributed by atoms with Crippen molar-refractivity contribution in [3.63, 3.8) is 0 Å². The zero-order valence-electron chi connectivity index (χ0n) is 17.5. The molecule has 8 heteroatoms. The summed E-state index contributed by atoms with van der Waals surface area (Å²) in [7, 11) is -2.22. The second kappa shape index (κ2) is 8.49. The van der Waals surface area contributed by atoms with Gasteiger partial charge in [0.05, 0.1) is 17.9 Å². The number of carbonyl (C=O) groups excluding carboxylic acids is 1. The van der Waals surface area contributed by atoms with Crippen LogP contribution in [-0.4, -0.2) is 43.5 Å². The van der Waals surface area contributed by atoms with Crippen molar-refractivity contribution in [2.24, 2.45) is 7.05 Å². The summed E-state index contributed by atoms with van der Waals surface area (Å²) >= 11 is 0. The van der Waals surface area contributed by atoms with Gasteiger partial charge >= 0.3 is 0 Å². The van der Waals surface area contributed by atoms with E-state index in [-0.39, 0.29) is 16.4 Å². The minimum Gasteiger partial charge on any atom is -0.492 e. The summed E-state index contributed by atoms with van der Waals surface area (Å²) in [6, 6.07) is 6.89. The van der Waals surface area contributed by atoms with E-state index in [4.69, 9.17) is 4.74 Å². The fourth-order valence-electron chi connectivity index (χ4n) is 3.78. The molecule has 7 nitrogen and oxygen atoms in total. The molecule has 2 heterocycles. The van der Waals surface area contributed by atoms with E-state index in [1.165, 1.54) is 0 Å². The summed E-state index contributed by atoms with van der Waals surface area (Å²) in [5.41, 5.74) is 1.79. The van der Waals surface area contributed by atoms with Crippen molar-refractivity contribution in [3.8, 4) is 5.75 Å². The number of carbonyl (C=O) groups is 1. The Hall–Kier alpha value is -2.48. The molecular weight excluding hydrogens is 390 g/mol. The zero-order valence-corrected chi connectivity index (χ0v) is 18.3. The van der Waals surface area contributed by atoms with Crippen molar-refractivity contribution in [2.75, 3.05) is 24.4 Å². The number of benzene rings is 1. The summed E-state index contributed by atoms with van der Waals surface area (Å²) in [5.74, 6) is 0.233. The Labute approximate surface area is 172 Å². The van der Waals surface area contributed by atoms with Gasteiger partial charge in [-0.05, 0) is 52.2 Å². The van der Waals surface area contributed by atoms with E-state index in [1.54, 1.807) is 54.6 Å². The Morgan fingerprint density at radius 1 is 1.10 bits per heavy atom. The van der Waals surface area contributed by atoms with Gasteiger partial charge in [-0.3, -0.25) is 9.52 Å². The highest BCUT2D eigenvalue weighted by Crippen LogP contribution is 2.32. The number of anilines is 1. The predicted octanol–water partition coefficient (Wildman–Crippen LogP) is 3.47. The van der Waals surface area contributed by atoms with Crippen LogP contribution in [0.2, 0.25) is 0 Å². The Morgan fingerprint density at radius 3 is 2.41 bits per heavy atom. The highest BCUT2D eigenvalue weighted by molar-refractivity contribution is 7.92. The SMILES string of the molecule is CCOc1ccccc1NS(=O)(=O)c1c(C(=O)N2CCCCC2)c(C)n(C)c1C. The van der Waals surface area contributed by atoms with Crippen LogP contribution >= 0.6 is 0 Å². The van der Waals surface area contributed by atoms with Crippen LogP contribution in [0.25, 0.3) is 0 Å². The largest absolute Gasteiger partial charge is 0.492 e. The van der Waals surface area contributed by atoms with Gasteiger partial charge < -0.3 is 14.2 Å². The van der Waals surface area contributed by atoms with E-state index in [2.05, 4.69) is 4.72 Å². The summed E-state index contributed by atoms with van der Waals surface area (Å²) in [5, 5.41) is 0. The predicted molar refractivity (Wildman–Crippen MR) is 113 cm³/mol. The van der Waals surface area contributed by atoms with Crippen LogP contribution in [0, 0.1) is 13.8 Å². The van der Waals surface area contributed by atoms with Crippen molar-refractivity contribution in [2.45, 2.75) is 44.9 Å². The monoisotopic (exact) mass is 419 g/mol. The molecule has 1 saturated heterocycles. The first-order valence-electron chi connectivity index (χ1n) is 9.97. The number of hydrogen-bond donors (Lipinski definition) is 1. The van der Waals surface area contributed by atoms with Gasteiger partial charge in [-0.25, -0.2) is 8.42 Å². The maximum atomic E-state index is 13.4. The normalized spacial score (nSPS) is 14.7. The molecule has 0 spiro atoms. The number of likely N-dealkylation sites (tertiary alicyclic amines) is 1. The van der Waals surface area contributed by atoms with E-state index in [9.17, 15) is 13.2 Å². The van der Waals surface area contributed by atoms with Gasteiger partial charge in [0, 0.05) is 31.5 Å². The Kier molecular flexibility index (Phi) is 6.21. The lowest BCUT2D eigenvalue weighted by atomic mass is 10.1. The number of nitrogens with zero attached hydrogens (tertiary/aromatic N) is 2. The molecule has 29 heavy (non-hydrogen) atoms. The van der Waals surface area contributed by atoms with Crippen molar-refractivity contribution >= 4 is 21.6 Å². The smallest absolute Gasteiger partial charge is 0.264 e. The third-order valence-electron chi connectivity index (χ3n) is 5.48. The molecule has 2 aromatic rings. The number of nitrogens with one attached hydrogen (secondary N) is 1. The fourth-order valence-corrected chi connectivity index (χ4v) is 5.37. The average molecular weight is 420 g/mol. The quantitative estimate of drug-likeness (QED) is 0.777. The lowest BCUT2D eigenvalue weighted by Gasteiger charge is -2.27. The number of rotatable bonds is 6. The average Bonchev–Trinajstić information content (AvgIpc) is 2.94. The molecule has 1 amide bonds. The van der Waals surface area contributed by atoms with Gasteiger partial charge in [0.15, 0.2) is 0 Å². The van der Waals surface area contributed by atoms with Crippen LogP contribution in [0.5, 0.6) is 5.75 Å². The number of amides is 1. The first-order chi connectivity index (χ1) is 13.8. The zero-order chi connectivity index (χ0) is 21.2. The Balaban J connectivity index is 2.05. The Morgan fingerprint density at radius 2 is 1.76 bits per heavy atom. The van der Waals surface area contributed by atoms with E-state index in [1.807, 2.05) is 6.92 Å². The van der Waals surface area contributed by atoms with Gasteiger partial charge in [-0.15, -0.1) is 0 Å². The van der Waals surface area contributed by atoms with Crippen LogP contribution in [0.15, 0.2) is 29.2 Å². The third-order valence-corrected chi connectivity index (χ3v) is 7.01. The van der Waals surface area contributed by atoms with Crippen molar-refractivity contribution in [3.05, 3.63) is 41.2 Å². The first kappa shape index (κ1) is 21.2. The molecule has 0 radical (unpaired) electrons. The van der Waals surface area contributed by atoms with Gasteiger partial charge in [0.25, 0.3) is 15.9 Å². The molecule has 0 bridgehead atoms. The van der Waals surface area contributed by atoms with Gasteiger partial charge in [-0.1, -0.05) is 12.1 Å². The molecule has 0 atom stereocenters. The highest BCUT2D eigenvalue weighted by Gasteiger charge is 2.33. The molecule has 1 fully saturated rings. The van der Waals surface area contributed by atoms with Crippen molar-refractivity contribution in [1.82, 2.24) is 9.47 Å². The fraction of sp³-hybridized carbons (Fsp3) is 0.476. The summed E-state index contributed by atoms with van der Waals surface area (Å²) < 4.78 is 36.7. The topological polar surface area (TPSA) is 80.6 Å². The van der Waals surface area contributed by atoms with Gasteiger partial charge in [-0.2, -0.15) is 0 Å². The van der Waals surface area contributed by atoms with E-state index >= 15 is 0 Å². The number of para-hydroxylation sites is 2. The van der Waals surface area contributed by atoms with E-state index < -0.39 is 10.0 Å². The molecule has 1 aromatic heterocycles. The Bertz CT molecular complexity index is 1010. The third kappa shape index (κ3) is 4.12. The molecule has 0 unspecified atom stereocenters. The number of piperidine rings is 1. The second-order valence-corrected chi connectivity index (χ2v) is 8.94. The summed E-state index contributed by atoms with van der Waals surface area (Å²) in [6.07, 6.45) is 2.98. The standard InChI is InChI=1S/C21H29N3O4S/c1-5-28-18-12-8-7-11-17(18)22-29(26,27)20-16(3)23(4)15(2)19(20)21(25)24-13-9-6-10-14-24/h7-8,11-12,22H,5-6,9-10,13-14H2,1-4H3. The van der Waals surface area contributed by atoms with E-state index in [0.29, 0.717) is 42.5 Å². The van der Waals surface area contributed by atoms with Gasteiger partial charge in [0.1, 0.15) is 10.6 Å². The van der Waals surface area contributed by atoms with Gasteiger partial charge in [0.2, 0.25) is 0 Å². The maximum Gasteiger partial charge on any atom is 0.264 e. The van der Waals surface area contributed by atoms with Crippen LogP contribution < -0.4 is 9.46 Å². The van der Waals surface area contributed by atoms with Crippen LogP contribution in [-0.2, 0) is 17.1 Å². The van der Waals surface area contributed by atoms with Crippen LogP contribution in [0.3, 0.4) is 0 Å². The highest BCUT2D eigenvalue weighted by atomic mass is 32.2.